The molecule has 4 nitrogen and oxygen atoms in total. The summed E-state index contributed by atoms with van der Waals surface area (Å²) in [5.74, 6) is 1.57. The molecule has 0 unspecified atom stereocenters. The van der Waals surface area contributed by atoms with E-state index in [1.807, 2.05) is 0 Å². The molecule has 0 spiro atoms. The second-order valence-corrected chi connectivity index (χ2v) is 5.45. The molecule has 100 valence electrons. The molecule has 0 radical (unpaired) electrons. The summed E-state index contributed by atoms with van der Waals surface area (Å²) in [6, 6.07) is 0.255. The van der Waals surface area contributed by atoms with Gasteiger partial charge < -0.3 is 15.3 Å². The lowest BCUT2D eigenvalue weighted by molar-refractivity contribution is 0.177. The Morgan fingerprint density at radius 2 is 1.94 bits per heavy atom. The van der Waals surface area contributed by atoms with Gasteiger partial charge in [-0.05, 0) is 37.5 Å². The summed E-state index contributed by atoms with van der Waals surface area (Å²) in [6.45, 7) is 4.97. The molecule has 0 aromatic heterocycles. The van der Waals surface area contributed by atoms with E-state index in [0.29, 0.717) is 12.6 Å². The van der Waals surface area contributed by atoms with E-state index < -0.39 is 0 Å². The molecule has 0 aromatic rings. The molecule has 0 bridgehead atoms. The van der Waals surface area contributed by atoms with Crippen molar-refractivity contribution in [3.63, 3.8) is 0 Å². The number of aliphatic hydroxyl groups excluding tert-OH is 1. The standard InChI is InChI=1S/C13H26N2O2/c1-10(2)11-4-6-12(7-5-11)14-13(17)15(3)8-9-16/h10-12,16H,4-9H2,1-3H3,(H,14,17). The largest absolute Gasteiger partial charge is 0.395 e. The molecule has 1 rings (SSSR count). The Balaban J connectivity index is 2.28. The maximum absolute atomic E-state index is 11.7. The van der Waals surface area contributed by atoms with Gasteiger partial charge in [0.05, 0.1) is 6.61 Å². The van der Waals surface area contributed by atoms with Crippen LogP contribution in [-0.4, -0.2) is 42.3 Å². The van der Waals surface area contributed by atoms with Gasteiger partial charge in [0.2, 0.25) is 0 Å². The smallest absolute Gasteiger partial charge is 0.317 e. The molecule has 4 heteroatoms. The van der Waals surface area contributed by atoms with Crippen LogP contribution in [0.4, 0.5) is 4.79 Å². The molecule has 0 atom stereocenters. The van der Waals surface area contributed by atoms with Crippen LogP contribution in [0.3, 0.4) is 0 Å². The van der Waals surface area contributed by atoms with Gasteiger partial charge >= 0.3 is 6.03 Å². The average Bonchev–Trinajstić information content (AvgIpc) is 2.30. The number of hydrogen-bond donors (Lipinski definition) is 2. The van der Waals surface area contributed by atoms with E-state index in [1.54, 1.807) is 7.05 Å². The van der Waals surface area contributed by atoms with Crippen LogP contribution in [0.25, 0.3) is 0 Å². The van der Waals surface area contributed by atoms with E-state index in [0.717, 1.165) is 24.7 Å². The van der Waals surface area contributed by atoms with E-state index in [1.165, 1.54) is 17.7 Å². The van der Waals surface area contributed by atoms with Crippen LogP contribution >= 0.6 is 0 Å². The first-order valence-corrected chi connectivity index (χ1v) is 6.67. The minimum Gasteiger partial charge on any atom is -0.395 e. The predicted octanol–water partition coefficient (Wildman–Crippen LogP) is 1.83. The SMILES string of the molecule is CC(C)C1CCC(NC(=O)N(C)CCO)CC1. The van der Waals surface area contributed by atoms with Gasteiger partial charge in [0, 0.05) is 19.6 Å². The first-order valence-electron chi connectivity index (χ1n) is 6.67. The molecule has 17 heavy (non-hydrogen) atoms. The monoisotopic (exact) mass is 242 g/mol. The molecule has 0 heterocycles. The van der Waals surface area contributed by atoms with Crippen molar-refractivity contribution in [3.05, 3.63) is 0 Å². The van der Waals surface area contributed by atoms with Gasteiger partial charge in [-0.1, -0.05) is 13.8 Å². The first-order chi connectivity index (χ1) is 8.04. The molecular formula is C13H26N2O2. The van der Waals surface area contributed by atoms with Crippen molar-refractivity contribution in [3.8, 4) is 0 Å². The summed E-state index contributed by atoms with van der Waals surface area (Å²) in [5.41, 5.74) is 0. The summed E-state index contributed by atoms with van der Waals surface area (Å²) in [4.78, 5) is 13.3. The molecule has 1 aliphatic carbocycles. The Bertz CT molecular complexity index is 236. The molecule has 1 saturated carbocycles. The van der Waals surface area contributed by atoms with Gasteiger partial charge in [0.1, 0.15) is 0 Å². The molecule has 2 amide bonds. The van der Waals surface area contributed by atoms with Gasteiger partial charge in [0.25, 0.3) is 0 Å². The molecule has 1 fully saturated rings. The van der Waals surface area contributed by atoms with Gasteiger partial charge in [-0.2, -0.15) is 0 Å². The number of aliphatic hydroxyl groups is 1. The van der Waals surface area contributed by atoms with Crippen LogP contribution in [0, 0.1) is 11.8 Å². The zero-order valence-corrected chi connectivity index (χ0v) is 11.3. The number of nitrogens with zero attached hydrogens (tertiary/aromatic N) is 1. The third kappa shape index (κ3) is 4.54. The fraction of sp³-hybridized carbons (Fsp3) is 0.923. The van der Waals surface area contributed by atoms with E-state index >= 15 is 0 Å². The number of rotatable bonds is 4. The zero-order valence-electron chi connectivity index (χ0n) is 11.3. The minimum atomic E-state index is -0.0629. The molecule has 2 N–H and O–H groups in total. The number of amides is 2. The van der Waals surface area contributed by atoms with Crippen molar-refractivity contribution in [2.24, 2.45) is 11.8 Å². The number of hydrogen-bond acceptors (Lipinski definition) is 2. The van der Waals surface area contributed by atoms with Crippen molar-refractivity contribution >= 4 is 6.03 Å². The van der Waals surface area contributed by atoms with Gasteiger partial charge in [-0.15, -0.1) is 0 Å². The second kappa shape index (κ2) is 6.84. The quantitative estimate of drug-likeness (QED) is 0.790. The third-order valence-corrected chi connectivity index (χ3v) is 3.82. The van der Waals surface area contributed by atoms with Crippen LogP contribution < -0.4 is 5.32 Å². The van der Waals surface area contributed by atoms with Crippen molar-refractivity contribution in [1.82, 2.24) is 10.2 Å². The number of likely N-dealkylation sites (N-methyl/N-ethyl adjacent to an activating group) is 1. The highest BCUT2D eigenvalue weighted by molar-refractivity contribution is 5.74. The number of carbonyl (C=O) groups is 1. The first kappa shape index (κ1) is 14.3. The Morgan fingerprint density at radius 1 is 1.35 bits per heavy atom. The van der Waals surface area contributed by atoms with Crippen LogP contribution in [0.2, 0.25) is 0 Å². The summed E-state index contributed by atoms with van der Waals surface area (Å²) in [6.07, 6.45) is 4.60. The summed E-state index contributed by atoms with van der Waals surface area (Å²) < 4.78 is 0. The number of urea groups is 1. The highest BCUT2D eigenvalue weighted by Crippen LogP contribution is 2.29. The fourth-order valence-electron chi connectivity index (χ4n) is 2.47. The van der Waals surface area contributed by atoms with Crippen molar-refractivity contribution in [2.45, 2.75) is 45.6 Å². The van der Waals surface area contributed by atoms with Crippen LogP contribution in [0.15, 0.2) is 0 Å². The molecular weight excluding hydrogens is 216 g/mol. The predicted molar refractivity (Wildman–Crippen MR) is 68.8 cm³/mol. The molecule has 0 aromatic carbocycles. The Kier molecular flexibility index (Phi) is 5.75. The van der Waals surface area contributed by atoms with Crippen LogP contribution in [0.1, 0.15) is 39.5 Å². The third-order valence-electron chi connectivity index (χ3n) is 3.82. The second-order valence-electron chi connectivity index (χ2n) is 5.45. The normalized spacial score (nSPS) is 24.8. The molecule has 0 saturated heterocycles. The number of nitrogens with one attached hydrogen (secondary N) is 1. The maximum Gasteiger partial charge on any atom is 0.317 e. The van der Waals surface area contributed by atoms with Gasteiger partial charge in [-0.25, -0.2) is 4.79 Å². The zero-order chi connectivity index (χ0) is 12.8. The van der Waals surface area contributed by atoms with Gasteiger partial charge in [0.15, 0.2) is 0 Å². The summed E-state index contributed by atoms with van der Waals surface area (Å²) in [5, 5.41) is 11.8. The van der Waals surface area contributed by atoms with E-state index in [4.69, 9.17) is 5.11 Å². The lowest BCUT2D eigenvalue weighted by Crippen LogP contribution is -2.45. The Labute approximate surface area is 104 Å². The Morgan fingerprint density at radius 3 is 2.41 bits per heavy atom. The van der Waals surface area contributed by atoms with Crippen molar-refractivity contribution < 1.29 is 9.90 Å². The van der Waals surface area contributed by atoms with Crippen LogP contribution in [-0.2, 0) is 0 Å². The Hall–Kier alpha value is -0.770. The van der Waals surface area contributed by atoms with E-state index in [2.05, 4.69) is 19.2 Å². The van der Waals surface area contributed by atoms with Crippen molar-refractivity contribution in [2.75, 3.05) is 20.2 Å². The fourth-order valence-corrected chi connectivity index (χ4v) is 2.47. The summed E-state index contributed by atoms with van der Waals surface area (Å²) >= 11 is 0. The van der Waals surface area contributed by atoms with E-state index in [-0.39, 0.29) is 12.6 Å². The summed E-state index contributed by atoms with van der Waals surface area (Å²) in [7, 11) is 1.71. The topological polar surface area (TPSA) is 52.6 Å². The van der Waals surface area contributed by atoms with E-state index in [9.17, 15) is 4.79 Å². The molecule has 1 aliphatic rings. The van der Waals surface area contributed by atoms with Crippen molar-refractivity contribution in [1.29, 1.82) is 0 Å². The highest BCUT2D eigenvalue weighted by atomic mass is 16.3. The lowest BCUT2D eigenvalue weighted by Gasteiger charge is -2.32. The highest BCUT2D eigenvalue weighted by Gasteiger charge is 2.24. The number of carbonyl (C=O) groups excluding carboxylic acids is 1. The lowest BCUT2D eigenvalue weighted by atomic mass is 9.80. The average molecular weight is 242 g/mol. The van der Waals surface area contributed by atoms with Crippen LogP contribution in [0.5, 0.6) is 0 Å². The molecule has 0 aliphatic heterocycles. The maximum atomic E-state index is 11.7. The minimum absolute atomic E-state index is 0.0179. The van der Waals surface area contributed by atoms with Gasteiger partial charge in [-0.3, -0.25) is 0 Å².